The second-order valence-corrected chi connectivity index (χ2v) is 7.79. The summed E-state index contributed by atoms with van der Waals surface area (Å²) < 4.78 is 8.12. The summed E-state index contributed by atoms with van der Waals surface area (Å²) in [6.45, 7) is 1.77. The Morgan fingerprint density at radius 3 is 2.82 bits per heavy atom. The number of amides is 1. The quantitative estimate of drug-likeness (QED) is 0.340. The molecular formula is C21H22N8O4. The van der Waals surface area contributed by atoms with Gasteiger partial charge in [-0.05, 0) is 31.9 Å². The second kappa shape index (κ2) is 8.06. The zero-order chi connectivity index (χ0) is 23.1. The number of anilines is 3. The van der Waals surface area contributed by atoms with Crippen molar-refractivity contribution in [2.45, 2.75) is 31.9 Å². The number of aromatic nitrogens is 5. The lowest BCUT2D eigenvalue weighted by molar-refractivity contribution is 0.0448. The molecule has 1 fully saturated rings. The highest BCUT2D eigenvalue weighted by Crippen LogP contribution is 2.23. The molecule has 4 heterocycles. The number of nitrogens with one attached hydrogen (secondary N) is 3. The van der Waals surface area contributed by atoms with Crippen LogP contribution in [0.25, 0.3) is 11.7 Å². The van der Waals surface area contributed by atoms with Gasteiger partial charge in [0, 0.05) is 19.3 Å². The minimum absolute atomic E-state index is 0.161. The van der Waals surface area contributed by atoms with E-state index in [1.165, 1.54) is 21.5 Å². The van der Waals surface area contributed by atoms with Crippen LogP contribution in [0.4, 0.5) is 17.3 Å². The number of aliphatic hydroxyl groups excluding tert-OH is 1. The SMILES string of the molecule is CNc1cc(Nc2cccn(-c3nc(C)co3)c2=O)nc2c(C(=O)N[C@@H]3CCC3O)cnn12. The number of aryl methyl sites for hydroxylation is 1. The number of carbonyl (C=O) groups is 1. The average Bonchev–Trinajstić information content (AvgIpc) is 3.43. The van der Waals surface area contributed by atoms with Crippen molar-refractivity contribution in [3.05, 3.63) is 58.5 Å². The molecule has 5 rings (SSSR count). The number of hydrogen-bond donors (Lipinski definition) is 4. The van der Waals surface area contributed by atoms with Gasteiger partial charge in [-0.3, -0.25) is 9.59 Å². The Hall–Kier alpha value is -4.19. The molecule has 0 radical (unpaired) electrons. The van der Waals surface area contributed by atoms with Gasteiger partial charge in [0.15, 0.2) is 5.65 Å². The third-order valence-corrected chi connectivity index (χ3v) is 5.55. The molecule has 0 spiro atoms. The van der Waals surface area contributed by atoms with E-state index in [0.717, 1.165) is 6.42 Å². The number of hydrogen-bond acceptors (Lipinski definition) is 9. The summed E-state index contributed by atoms with van der Waals surface area (Å²) in [5.74, 6) is 0.523. The Balaban J connectivity index is 1.50. The maximum Gasteiger partial charge on any atom is 0.308 e. The standard InChI is InChI=1S/C21H22N8O4/c1-11-10-33-21(24-11)28-7-3-4-14(20(28)32)25-16-8-17(22-2)29-18(27-16)12(9-23-29)19(31)26-13-5-6-15(13)30/h3-4,7-10,13,15,22,30H,5-6H2,1-2H3,(H,25,27)(H,26,31)/t13-,15?/m1/s1. The van der Waals surface area contributed by atoms with Gasteiger partial charge in [-0.25, -0.2) is 9.55 Å². The van der Waals surface area contributed by atoms with E-state index in [4.69, 9.17) is 4.42 Å². The number of pyridine rings is 1. The van der Waals surface area contributed by atoms with Crippen LogP contribution in [0, 0.1) is 6.92 Å². The fourth-order valence-electron chi connectivity index (χ4n) is 3.59. The molecular weight excluding hydrogens is 428 g/mol. The number of rotatable bonds is 6. The Bertz CT molecular complexity index is 1410. The lowest BCUT2D eigenvalue weighted by Gasteiger charge is -2.32. The molecule has 4 aromatic rings. The summed E-state index contributed by atoms with van der Waals surface area (Å²) in [5, 5.41) is 22.9. The maximum atomic E-state index is 13.0. The van der Waals surface area contributed by atoms with Crippen LogP contribution in [0.5, 0.6) is 0 Å². The zero-order valence-electron chi connectivity index (χ0n) is 17.9. The minimum Gasteiger partial charge on any atom is -0.431 e. The van der Waals surface area contributed by atoms with Crippen LogP contribution in [0.3, 0.4) is 0 Å². The number of nitrogens with zero attached hydrogens (tertiary/aromatic N) is 5. The Morgan fingerprint density at radius 2 is 2.15 bits per heavy atom. The number of fused-ring (bicyclic) bond motifs is 1. The van der Waals surface area contributed by atoms with Gasteiger partial charge in [-0.2, -0.15) is 14.6 Å². The van der Waals surface area contributed by atoms with E-state index < -0.39 is 6.10 Å². The van der Waals surface area contributed by atoms with Gasteiger partial charge < -0.3 is 25.5 Å². The first-order valence-electron chi connectivity index (χ1n) is 10.4. The second-order valence-electron chi connectivity index (χ2n) is 7.79. The zero-order valence-corrected chi connectivity index (χ0v) is 17.9. The van der Waals surface area contributed by atoms with E-state index in [2.05, 4.69) is 31.0 Å². The van der Waals surface area contributed by atoms with Crippen molar-refractivity contribution in [1.82, 2.24) is 29.5 Å². The normalized spacial score (nSPS) is 17.5. The molecule has 12 nitrogen and oxygen atoms in total. The first-order chi connectivity index (χ1) is 15.9. The van der Waals surface area contributed by atoms with Crippen LogP contribution >= 0.6 is 0 Å². The Kier molecular flexibility index (Phi) is 5.05. The molecule has 1 unspecified atom stereocenters. The molecule has 1 aliphatic carbocycles. The van der Waals surface area contributed by atoms with Crippen molar-refractivity contribution in [2.75, 3.05) is 17.7 Å². The van der Waals surface area contributed by atoms with Crippen molar-refractivity contribution in [3.63, 3.8) is 0 Å². The summed E-state index contributed by atoms with van der Waals surface area (Å²) in [5.41, 5.74) is 1.08. The molecule has 170 valence electrons. The van der Waals surface area contributed by atoms with Crippen molar-refractivity contribution in [1.29, 1.82) is 0 Å². The van der Waals surface area contributed by atoms with Gasteiger partial charge in [-0.1, -0.05) is 0 Å². The predicted molar refractivity (Wildman–Crippen MR) is 119 cm³/mol. The minimum atomic E-state index is -0.540. The highest BCUT2D eigenvalue weighted by molar-refractivity contribution is 6.00. The first kappa shape index (κ1) is 20.7. The van der Waals surface area contributed by atoms with E-state index in [9.17, 15) is 14.7 Å². The van der Waals surface area contributed by atoms with Gasteiger partial charge in [0.05, 0.1) is 24.0 Å². The van der Waals surface area contributed by atoms with Crippen LogP contribution in [0.15, 0.2) is 46.1 Å². The lowest BCUT2D eigenvalue weighted by atomic mass is 9.89. The van der Waals surface area contributed by atoms with Crippen molar-refractivity contribution in [2.24, 2.45) is 0 Å². The molecule has 0 bridgehead atoms. The third kappa shape index (κ3) is 3.69. The Labute approximate surface area is 187 Å². The highest BCUT2D eigenvalue weighted by Gasteiger charge is 2.31. The summed E-state index contributed by atoms with van der Waals surface area (Å²) in [6.07, 6.45) is 5.29. The largest absolute Gasteiger partial charge is 0.431 e. The molecule has 1 aliphatic rings. The van der Waals surface area contributed by atoms with Gasteiger partial charge in [0.2, 0.25) is 0 Å². The molecule has 4 N–H and O–H groups in total. The smallest absolute Gasteiger partial charge is 0.308 e. The van der Waals surface area contributed by atoms with E-state index in [1.54, 1.807) is 38.4 Å². The summed E-state index contributed by atoms with van der Waals surface area (Å²) >= 11 is 0. The summed E-state index contributed by atoms with van der Waals surface area (Å²) in [7, 11) is 1.71. The number of carbonyl (C=O) groups excluding carboxylic acids is 1. The summed E-state index contributed by atoms with van der Waals surface area (Å²) in [6, 6.07) is 4.85. The Morgan fingerprint density at radius 1 is 1.30 bits per heavy atom. The fourth-order valence-corrected chi connectivity index (χ4v) is 3.59. The van der Waals surface area contributed by atoms with Crippen molar-refractivity contribution >= 4 is 28.9 Å². The lowest BCUT2D eigenvalue weighted by Crippen LogP contribution is -2.50. The predicted octanol–water partition coefficient (Wildman–Crippen LogP) is 1.22. The molecule has 2 atom stereocenters. The van der Waals surface area contributed by atoms with E-state index in [0.29, 0.717) is 29.4 Å². The van der Waals surface area contributed by atoms with E-state index in [-0.39, 0.29) is 34.8 Å². The first-order valence-corrected chi connectivity index (χ1v) is 10.4. The molecule has 0 saturated heterocycles. The monoisotopic (exact) mass is 450 g/mol. The van der Waals surface area contributed by atoms with Crippen molar-refractivity contribution < 1.29 is 14.3 Å². The van der Waals surface area contributed by atoms with Crippen molar-refractivity contribution in [3.8, 4) is 6.01 Å². The van der Waals surface area contributed by atoms with Gasteiger partial charge in [0.1, 0.15) is 29.1 Å². The molecule has 0 aromatic carbocycles. The molecule has 4 aromatic heterocycles. The molecule has 0 aliphatic heterocycles. The molecule has 1 amide bonds. The van der Waals surface area contributed by atoms with Gasteiger partial charge in [0.25, 0.3) is 11.5 Å². The van der Waals surface area contributed by atoms with Crippen LogP contribution in [-0.2, 0) is 0 Å². The molecule has 1 saturated carbocycles. The van der Waals surface area contributed by atoms with Crippen LogP contribution in [-0.4, -0.2) is 54.4 Å². The van der Waals surface area contributed by atoms with Gasteiger partial charge in [-0.15, -0.1) is 0 Å². The summed E-state index contributed by atoms with van der Waals surface area (Å²) in [4.78, 5) is 34.4. The molecule has 12 heteroatoms. The topological polar surface area (TPSA) is 152 Å². The molecule has 33 heavy (non-hydrogen) atoms. The average molecular weight is 450 g/mol. The fraction of sp³-hybridized carbons (Fsp3) is 0.286. The highest BCUT2D eigenvalue weighted by atomic mass is 16.4. The van der Waals surface area contributed by atoms with Crippen LogP contribution < -0.4 is 21.5 Å². The maximum absolute atomic E-state index is 13.0. The van der Waals surface area contributed by atoms with E-state index in [1.807, 2.05) is 0 Å². The number of aliphatic hydroxyl groups is 1. The van der Waals surface area contributed by atoms with Crippen LogP contribution in [0.1, 0.15) is 28.9 Å². The van der Waals surface area contributed by atoms with E-state index >= 15 is 0 Å². The number of oxazole rings is 1. The third-order valence-electron chi connectivity index (χ3n) is 5.55. The van der Waals surface area contributed by atoms with Gasteiger partial charge >= 0.3 is 6.01 Å². The van der Waals surface area contributed by atoms with Crippen LogP contribution in [0.2, 0.25) is 0 Å².